The average Bonchev–Trinajstić information content (AvgIpc) is 3.10. The van der Waals surface area contributed by atoms with E-state index in [1.165, 1.54) is 11.3 Å². The largest absolute Gasteiger partial charge is 0.396 e. The third-order valence-corrected chi connectivity index (χ3v) is 5.40. The molecular formula is C18H19N7OS. The summed E-state index contributed by atoms with van der Waals surface area (Å²) in [5, 5.41) is 13.9. The number of aryl methyl sites for hydroxylation is 1. The van der Waals surface area contributed by atoms with Crippen molar-refractivity contribution in [2.24, 2.45) is 5.16 Å². The zero-order chi connectivity index (χ0) is 18.8. The molecule has 0 aliphatic carbocycles. The molecular weight excluding hydrogens is 362 g/mol. The lowest BCUT2D eigenvalue weighted by molar-refractivity contribution is 0.158. The molecule has 1 aliphatic rings. The van der Waals surface area contributed by atoms with Crippen LogP contribution in [0.1, 0.15) is 24.7 Å². The van der Waals surface area contributed by atoms with E-state index in [2.05, 4.69) is 25.3 Å². The van der Waals surface area contributed by atoms with Crippen molar-refractivity contribution in [3.63, 3.8) is 0 Å². The highest BCUT2D eigenvalue weighted by Gasteiger charge is 2.25. The van der Waals surface area contributed by atoms with Gasteiger partial charge in [-0.25, -0.2) is 9.97 Å². The van der Waals surface area contributed by atoms with Crippen LogP contribution in [0, 0.1) is 6.92 Å². The van der Waals surface area contributed by atoms with Gasteiger partial charge in [0.15, 0.2) is 11.6 Å². The maximum absolute atomic E-state index is 5.26. The average molecular weight is 381 g/mol. The van der Waals surface area contributed by atoms with Gasteiger partial charge in [0.25, 0.3) is 0 Å². The predicted octanol–water partition coefficient (Wildman–Crippen LogP) is 2.95. The Balaban J connectivity index is 1.77. The van der Waals surface area contributed by atoms with Crippen molar-refractivity contribution in [2.45, 2.75) is 20.3 Å². The number of aromatic nitrogens is 5. The zero-order valence-corrected chi connectivity index (χ0v) is 16.2. The molecule has 138 valence electrons. The second kappa shape index (κ2) is 7.36. The number of hydrogen-bond acceptors (Lipinski definition) is 9. The second-order valence-corrected chi connectivity index (χ2v) is 7.11. The molecule has 8 nitrogen and oxygen atoms in total. The summed E-state index contributed by atoms with van der Waals surface area (Å²) in [4.78, 5) is 21.8. The highest BCUT2D eigenvalue weighted by molar-refractivity contribution is 7.18. The first-order valence-corrected chi connectivity index (χ1v) is 9.52. The molecule has 3 aromatic heterocycles. The SMILES string of the molecule is CCON=C1CCN(C)c2nnc(-c3sc(-c4cccnc4)nc3C)nc21. The first kappa shape index (κ1) is 17.5. The fourth-order valence-corrected chi connectivity index (χ4v) is 3.80. The summed E-state index contributed by atoms with van der Waals surface area (Å²) in [6.45, 7) is 5.18. The maximum Gasteiger partial charge on any atom is 0.194 e. The summed E-state index contributed by atoms with van der Waals surface area (Å²) in [5.41, 5.74) is 3.36. The van der Waals surface area contributed by atoms with Crippen LogP contribution in [-0.4, -0.2) is 51.1 Å². The highest BCUT2D eigenvalue weighted by Crippen LogP contribution is 2.34. The van der Waals surface area contributed by atoms with Gasteiger partial charge in [-0.3, -0.25) is 4.98 Å². The summed E-state index contributed by atoms with van der Waals surface area (Å²) in [6, 6.07) is 3.89. The lowest BCUT2D eigenvalue weighted by Gasteiger charge is -2.25. The minimum Gasteiger partial charge on any atom is -0.396 e. The van der Waals surface area contributed by atoms with Crippen LogP contribution in [0.25, 0.3) is 21.3 Å². The van der Waals surface area contributed by atoms with Gasteiger partial charge >= 0.3 is 0 Å². The van der Waals surface area contributed by atoms with Crippen LogP contribution in [0.2, 0.25) is 0 Å². The van der Waals surface area contributed by atoms with Gasteiger partial charge in [-0.1, -0.05) is 5.16 Å². The van der Waals surface area contributed by atoms with Crippen molar-refractivity contribution in [2.75, 3.05) is 25.1 Å². The fraction of sp³-hybridized carbons (Fsp3) is 0.333. The minimum absolute atomic E-state index is 0.516. The summed E-state index contributed by atoms with van der Waals surface area (Å²) in [5.74, 6) is 1.27. The standard InChI is InChI=1S/C18H19N7OS/c1-4-26-24-13-7-9-25(3)17-14(13)21-16(22-23-17)15-11(2)20-18(27-15)12-6-5-8-19-10-12/h5-6,8,10H,4,7,9H2,1-3H3. The number of fused-ring (bicyclic) bond motifs is 1. The molecule has 0 radical (unpaired) electrons. The summed E-state index contributed by atoms with van der Waals surface area (Å²) >= 11 is 1.54. The third kappa shape index (κ3) is 3.37. The van der Waals surface area contributed by atoms with Crippen LogP contribution >= 0.6 is 11.3 Å². The number of thiazole rings is 1. The van der Waals surface area contributed by atoms with Gasteiger partial charge in [0, 0.05) is 38.0 Å². The van der Waals surface area contributed by atoms with Gasteiger partial charge in [0.1, 0.15) is 23.0 Å². The Hall–Kier alpha value is -2.94. The van der Waals surface area contributed by atoms with Crippen LogP contribution < -0.4 is 4.90 Å². The maximum atomic E-state index is 5.26. The van der Waals surface area contributed by atoms with Gasteiger partial charge < -0.3 is 9.74 Å². The topological polar surface area (TPSA) is 89.3 Å². The van der Waals surface area contributed by atoms with E-state index < -0.39 is 0 Å². The molecule has 0 N–H and O–H groups in total. The van der Waals surface area contributed by atoms with E-state index in [4.69, 9.17) is 9.82 Å². The number of anilines is 1. The quantitative estimate of drug-likeness (QED) is 0.642. The molecule has 4 heterocycles. The van der Waals surface area contributed by atoms with Gasteiger partial charge in [-0.2, -0.15) is 0 Å². The molecule has 0 saturated carbocycles. The molecule has 0 unspecified atom stereocenters. The van der Waals surface area contributed by atoms with E-state index in [1.807, 2.05) is 37.9 Å². The molecule has 4 rings (SSSR count). The number of nitrogens with zero attached hydrogens (tertiary/aromatic N) is 7. The van der Waals surface area contributed by atoms with Crippen molar-refractivity contribution < 1.29 is 4.84 Å². The monoisotopic (exact) mass is 381 g/mol. The van der Waals surface area contributed by atoms with Crippen molar-refractivity contribution in [1.82, 2.24) is 25.1 Å². The number of rotatable bonds is 4. The van der Waals surface area contributed by atoms with E-state index in [1.54, 1.807) is 12.4 Å². The van der Waals surface area contributed by atoms with E-state index in [0.717, 1.165) is 51.3 Å². The van der Waals surface area contributed by atoms with Gasteiger partial charge in [0.05, 0.1) is 10.6 Å². The Morgan fingerprint density at radius 2 is 2.19 bits per heavy atom. The molecule has 0 fully saturated rings. The molecule has 0 saturated heterocycles. The first-order valence-electron chi connectivity index (χ1n) is 8.70. The highest BCUT2D eigenvalue weighted by atomic mass is 32.1. The van der Waals surface area contributed by atoms with E-state index >= 15 is 0 Å². The van der Waals surface area contributed by atoms with E-state index in [9.17, 15) is 0 Å². The van der Waals surface area contributed by atoms with E-state index in [0.29, 0.717) is 12.4 Å². The van der Waals surface area contributed by atoms with Crippen LogP contribution in [0.4, 0.5) is 5.82 Å². The smallest absolute Gasteiger partial charge is 0.194 e. The third-order valence-electron chi connectivity index (χ3n) is 4.20. The Kier molecular flexibility index (Phi) is 4.76. The van der Waals surface area contributed by atoms with Gasteiger partial charge in [-0.05, 0) is 26.0 Å². The normalized spacial score (nSPS) is 15.1. The van der Waals surface area contributed by atoms with Crippen LogP contribution in [-0.2, 0) is 4.84 Å². The molecule has 0 atom stereocenters. The number of oxime groups is 1. The number of hydrogen-bond donors (Lipinski definition) is 0. The van der Waals surface area contributed by atoms with Gasteiger partial charge in [-0.15, -0.1) is 21.5 Å². The fourth-order valence-electron chi connectivity index (χ4n) is 2.81. The summed E-state index contributed by atoms with van der Waals surface area (Å²) in [7, 11) is 1.98. The second-order valence-electron chi connectivity index (χ2n) is 6.11. The van der Waals surface area contributed by atoms with Crippen molar-refractivity contribution in [3.05, 3.63) is 35.9 Å². The Morgan fingerprint density at radius 3 is 2.96 bits per heavy atom. The van der Waals surface area contributed by atoms with Crippen LogP contribution in [0.5, 0.6) is 0 Å². The van der Waals surface area contributed by atoms with E-state index in [-0.39, 0.29) is 0 Å². The van der Waals surface area contributed by atoms with Crippen molar-refractivity contribution >= 4 is 22.9 Å². The zero-order valence-electron chi connectivity index (χ0n) is 15.4. The summed E-state index contributed by atoms with van der Waals surface area (Å²) in [6.07, 6.45) is 4.30. The molecule has 1 aliphatic heterocycles. The molecule has 27 heavy (non-hydrogen) atoms. The molecule has 0 spiro atoms. The van der Waals surface area contributed by atoms with Crippen LogP contribution in [0.15, 0.2) is 29.7 Å². The lowest BCUT2D eigenvalue weighted by Crippen LogP contribution is -2.31. The predicted molar refractivity (Wildman–Crippen MR) is 105 cm³/mol. The molecule has 0 aromatic carbocycles. The summed E-state index contributed by atoms with van der Waals surface area (Å²) < 4.78 is 0. The Morgan fingerprint density at radius 1 is 1.30 bits per heavy atom. The minimum atomic E-state index is 0.516. The lowest BCUT2D eigenvalue weighted by atomic mass is 10.1. The van der Waals surface area contributed by atoms with Gasteiger partial charge in [0.2, 0.25) is 0 Å². The first-order chi connectivity index (χ1) is 13.2. The number of pyridine rings is 1. The van der Waals surface area contributed by atoms with Crippen molar-refractivity contribution in [3.8, 4) is 21.3 Å². The van der Waals surface area contributed by atoms with Crippen LogP contribution in [0.3, 0.4) is 0 Å². The molecule has 3 aromatic rings. The Bertz CT molecular complexity index is 987. The molecule has 9 heteroatoms. The van der Waals surface area contributed by atoms with Crippen molar-refractivity contribution in [1.29, 1.82) is 0 Å². The molecule has 0 bridgehead atoms. The molecule has 0 amide bonds. The Labute approximate surface area is 161 Å².